The van der Waals surface area contributed by atoms with Crippen LogP contribution in [0.15, 0.2) is 46.2 Å². The van der Waals surface area contributed by atoms with Gasteiger partial charge >= 0.3 is 0 Å². The predicted octanol–water partition coefficient (Wildman–Crippen LogP) is 4.07. The molecule has 3 aromatic carbocycles. The number of benzene rings is 3. The van der Waals surface area contributed by atoms with Gasteiger partial charge in [-0.3, -0.25) is 13.9 Å². The van der Waals surface area contributed by atoms with Crippen molar-refractivity contribution in [2.45, 2.75) is 68.6 Å². The fourth-order valence-corrected chi connectivity index (χ4v) is 8.67. The number of rotatable bonds is 4. The summed E-state index contributed by atoms with van der Waals surface area (Å²) in [6, 6.07) is 10.4. The van der Waals surface area contributed by atoms with Crippen LogP contribution in [0.1, 0.15) is 79.7 Å². The normalized spacial score (nSPS) is 21.0. The summed E-state index contributed by atoms with van der Waals surface area (Å²) in [6.07, 6.45) is 2.12. The zero-order valence-electron chi connectivity index (χ0n) is 25.6. The fraction of sp³-hybridized carbons (Fsp3) is 0.364. The Hall–Kier alpha value is -3.51. The second-order valence-electron chi connectivity index (χ2n) is 13.2. The van der Waals surface area contributed by atoms with E-state index >= 15 is 0 Å². The largest absolute Gasteiger partial charge is 0.453 e. The van der Waals surface area contributed by atoms with Gasteiger partial charge in [0.25, 0.3) is 26.1 Å². The molecule has 3 aromatic rings. The van der Waals surface area contributed by atoms with Gasteiger partial charge in [-0.1, -0.05) is 59.8 Å². The van der Waals surface area contributed by atoms with E-state index in [1.807, 2.05) is 53.7 Å². The molecule has 0 saturated carbocycles. The maximum atomic E-state index is 13.1. The lowest BCUT2D eigenvalue weighted by molar-refractivity contribution is 0.0963. The molecule has 0 spiro atoms. The van der Waals surface area contributed by atoms with Gasteiger partial charge in [-0.05, 0) is 80.8 Å². The summed E-state index contributed by atoms with van der Waals surface area (Å²) < 4.78 is 80.1. The van der Waals surface area contributed by atoms with Gasteiger partial charge in [0.1, 0.15) is 9.79 Å². The maximum Gasteiger partial charge on any atom is 0.298 e. The summed E-state index contributed by atoms with van der Waals surface area (Å²) >= 11 is 0. The van der Waals surface area contributed by atoms with Gasteiger partial charge in [0.05, 0.1) is 0 Å². The lowest BCUT2D eigenvalue weighted by Gasteiger charge is -2.30. The number of carbonyl (C=O) groups excluding carboxylic acids is 1. The van der Waals surface area contributed by atoms with Crippen molar-refractivity contribution in [3.63, 3.8) is 0 Å². The molecule has 1 heterocycles. The second-order valence-corrected chi connectivity index (χ2v) is 16.0. The number of nitrogens with one attached hydrogen (secondary N) is 1. The molecule has 232 valence electrons. The molecule has 1 aliphatic heterocycles. The Bertz CT molecular complexity index is 2150. The summed E-state index contributed by atoms with van der Waals surface area (Å²) in [6.45, 7) is 12.0. The van der Waals surface area contributed by atoms with Crippen molar-refractivity contribution in [1.29, 1.82) is 0 Å². The van der Waals surface area contributed by atoms with Crippen LogP contribution < -0.4 is 20.5 Å². The maximum absolute atomic E-state index is 13.1. The molecule has 0 aromatic heterocycles. The van der Waals surface area contributed by atoms with Crippen LogP contribution >= 0.6 is 0 Å². The number of ether oxygens (including phenoxy) is 1. The third-order valence-corrected chi connectivity index (χ3v) is 12.1. The third-order valence-electron chi connectivity index (χ3n) is 10.2. The number of fused-ring (bicyclic) bond motifs is 4. The summed E-state index contributed by atoms with van der Waals surface area (Å²) in [5.74, 6) is -0.800. The number of hydrogen-bond acceptors (Lipinski definition) is 6. The highest BCUT2D eigenvalue weighted by atomic mass is 32.2. The van der Waals surface area contributed by atoms with Crippen LogP contribution in [-0.4, -0.2) is 38.9 Å². The van der Waals surface area contributed by atoms with Crippen LogP contribution in [0.4, 0.5) is 0 Å². The lowest BCUT2D eigenvalue weighted by Crippen LogP contribution is -2.32. The van der Waals surface area contributed by atoms with Gasteiger partial charge in [0, 0.05) is 29.0 Å². The molecular formula is C33H35NO8S2. The average molecular weight is 638 g/mol. The molecule has 11 heteroatoms. The third kappa shape index (κ3) is 4.28. The summed E-state index contributed by atoms with van der Waals surface area (Å²) in [5.41, 5.74) is 2.64. The van der Waals surface area contributed by atoms with Crippen molar-refractivity contribution in [3.8, 4) is 11.5 Å². The van der Waals surface area contributed by atoms with E-state index < -0.39 is 40.9 Å². The first-order valence-electron chi connectivity index (χ1n) is 14.4. The van der Waals surface area contributed by atoms with Crippen molar-refractivity contribution in [3.05, 3.63) is 80.2 Å². The predicted molar refractivity (Wildman–Crippen MR) is 166 cm³/mol. The van der Waals surface area contributed by atoms with Crippen LogP contribution in [0.25, 0.3) is 11.6 Å². The Balaban J connectivity index is 1.86. The first-order valence-corrected chi connectivity index (χ1v) is 17.3. The van der Waals surface area contributed by atoms with Crippen LogP contribution in [0.3, 0.4) is 0 Å². The molecule has 2 aliphatic carbocycles. The van der Waals surface area contributed by atoms with Crippen molar-refractivity contribution < 1.29 is 35.5 Å². The Labute approximate surface area is 257 Å². The van der Waals surface area contributed by atoms with Gasteiger partial charge in [0.15, 0.2) is 11.5 Å². The van der Waals surface area contributed by atoms with Crippen molar-refractivity contribution in [2.24, 2.45) is 11.8 Å². The molecule has 0 radical (unpaired) electrons. The van der Waals surface area contributed by atoms with E-state index in [0.29, 0.717) is 50.2 Å². The minimum atomic E-state index is -4.89. The van der Waals surface area contributed by atoms with E-state index in [2.05, 4.69) is 5.32 Å². The summed E-state index contributed by atoms with van der Waals surface area (Å²) in [5, 5.41) is 3.23. The van der Waals surface area contributed by atoms with Gasteiger partial charge < -0.3 is 10.1 Å². The Morgan fingerprint density at radius 3 is 2.07 bits per heavy atom. The fourth-order valence-electron chi connectivity index (χ4n) is 6.93. The van der Waals surface area contributed by atoms with Crippen molar-refractivity contribution in [2.75, 3.05) is 7.05 Å². The standard InChI is InChI=1S/C33H35NO8S2/c1-16-12-20-24(32(16,3)4)14-22-26(18-8-10-19(11-9-18)31(35)34-7)23-15-25-21(13-17(2)33(25,5)6)30(44(39,40)41)28(23)42-27(22)29(20)43(36,37)38/h8-12,14-17H,13H2,1-7H3,(H,34,35)(H,36,37,38)(H,39,40,41). The lowest BCUT2D eigenvalue weighted by atomic mass is 9.77. The van der Waals surface area contributed by atoms with E-state index in [0.717, 1.165) is 5.56 Å². The smallest absolute Gasteiger partial charge is 0.298 e. The van der Waals surface area contributed by atoms with Crippen LogP contribution in [0.5, 0.6) is 11.5 Å². The van der Waals surface area contributed by atoms with E-state index in [-0.39, 0.29) is 29.2 Å². The number of carbonyl (C=O) groups is 1. The molecule has 0 bridgehead atoms. The minimum absolute atomic E-state index is 0.0218. The minimum Gasteiger partial charge on any atom is -0.453 e. The molecule has 6 rings (SSSR count). The zero-order valence-corrected chi connectivity index (χ0v) is 27.2. The Morgan fingerprint density at radius 1 is 0.886 bits per heavy atom. The molecule has 3 aliphatic rings. The molecule has 2 unspecified atom stereocenters. The molecule has 44 heavy (non-hydrogen) atoms. The van der Waals surface area contributed by atoms with Crippen LogP contribution in [-0.2, 0) is 37.5 Å². The molecule has 1 amide bonds. The number of amides is 1. The van der Waals surface area contributed by atoms with Crippen molar-refractivity contribution >= 4 is 37.8 Å². The highest BCUT2D eigenvalue weighted by molar-refractivity contribution is 7.86. The topological polar surface area (TPSA) is 147 Å². The highest BCUT2D eigenvalue weighted by Gasteiger charge is 2.45. The Morgan fingerprint density at radius 2 is 1.50 bits per heavy atom. The average Bonchev–Trinajstić information content (AvgIpc) is 3.28. The monoisotopic (exact) mass is 637 g/mol. The first-order chi connectivity index (χ1) is 20.3. The van der Waals surface area contributed by atoms with E-state index in [1.54, 1.807) is 30.3 Å². The SMILES string of the molecule is CNC(=O)c1ccc(C2=c3cc4c(c(S(=O)(=O)O)c3Oc3c2cc2c(c3S(=O)(=O)O)CC(C)C2(C)C)=CC(C)C4(C)C)cc1. The van der Waals surface area contributed by atoms with Gasteiger partial charge in [-0.25, -0.2) is 0 Å². The summed E-state index contributed by atoms with van der Waals surface area (Å²) in [4.78, 5) is 11.5. The van der Waals surface area contributed by atoms with Gasteiger partial charge in [-0.15, -0.1) is 0 Å². The highest BCUT2D eigenvalue weighted by Crippen LogP contribution is 2.52. The molecule has 2 atom stereocenters. The molecule has 3 N–H and O–H groups in total. The molecule has 0 fully saturated rings. The summed E-state index contributed by atoms with van der Waals surface area (Å²) in [7, 11) is -8.24. The van der Waals surface area contributed by atoms with Crippen LogP contribution in [0.2, 0.25) is 0 Å². The van der Waals surface area contributed by atoms with Crippen LogP contribution in [0, 0.1) is 11.8 Å². The van der Waals surface area contributed by atoms with E-state index in [4.69, 9.17) is 4.74 Å². The number of hydrogen-bond donors (Lipinski definition) is 3. The zero-order chi connectivity index (χ0) is 32.3. The van der Waals surface area contributed by atoms with E-state index in [9.17, 15) is 30.7 Å². The van der Waals surface area contributed by atoms with Gasteiger partial charge in [0.2, 0.25) is 0 Å². The van der Waals surface area contributed by atoms with Crippen molar-refractivity contribution in [1.82, 2.24) is 5.32 Å². The molecule has 9 nitrogen and oxygen atoms in total. The second kappa shape index (κ2) is 9.50. The molecular weight excluding hydrogens is 602 g/mol. The van der Waals surface area contributed by atoms with Gasteiger partial charge in [-0.2, -0.15) is 16.8 Å². The molecule has 0 saturated heterocycles. The first kappa shape index (κ1) is 30.5. The quantitative estimate of drug-likeness (QED) is 0.284. The van der Waals surface area contributed by atoms with E-state index in [1.165, 1.54) is 7.05 Å². The Kier molecular flexibility index (Phi) is 6.59.